The average Bonchev–Trinajstić information content (AvgIpc) is 2.64. The van der Waals surface area contributed by atoms with Gasteiger partial charge in [0.2, 0.25) is 5.91 Å². The minimum Gasteiger partial charge on any atom is -0.372 e. The number of nitrogens with one attached hydrogen (secondary N) is 1. The quantitative estimate of drug-likeness (QED) is 0.766. The van der Waals surface area contributed by atoms with E-state index in [1.807, 2.05) is 25.1 Å². The molecule has 5 nitrogen and oxygen atoms in total. The topological polar surface area (TPSA) is 66.5 Å². The number of nitrogens with zero attached hydrogens (tertiary/aromatic N) is 1. The molecule has 0 fully saturated rings. The van der Waals surface area contributed by atoms with Crippen LogP contribution in [0.2, 0.25) is 0 Å². The van der Waals surface area contributed by atoms with Crippen LogP contribution in [0.5, 0.6) is 0 Å². The fourth-order valence-electron chi connectivity index (χ4n) is 2.76. The maximum absolute atomic E-state index is 12.3. The zero-order valence-corrected chi connectivity index (χ0v) is 16.3. The van der Waals surface area contributed by atoms with Crippen molar-refractivity contribution in [1.82, 2.24) is 0 Å². The molecular weight excluding hydrogens is 348 g/mol. The number of carbonyl (C=O) groups excluding carboxylic acids is 1. The van der Waals surface area contributed by atoms with Crippen molar-refractivity contribution in [1.29, 1.82) is 0 Å². The van der Waals surface area contributed by atoms with Crippen LogP contribution in [0.4, 0.5) is 11.4 Å². The molecule has 1 N–H and O–H groups in total. The number of aryl methyl sites for hydroxylation is 1. The fraction of sp³-hybridized carbons (Fsp3) is 0.350. The van der Waals surface area contributed by atoms with Gasteiger partial charge in [-0.15, -0.1) is 0 Å². The Morgan fingerprint density at radius 1 is 1.04 bits per heavy atom. The molecule has 2 aromatic rings. The predicted octanol–water partition coefficient (Wildman–Crippen LogP) is 3.64. The zero-order chi connectivity index (χ0) is 19.2. The highest BCUT2D eigenvalue weighted by molar-refractivity contribution is 7.91. The molecule has 1 amide bonds. The minimum absolute atomic E-state index is 0.0749. The zero-order valence-electron chi connectivity index (χ0n) is 15.5. The Morgan fingerprint density at radius 3 is 2.27 bits per heavy atom. The summed E-state index contributed by atoms with van der Waals surface area (Å²) in [4.78, 5) is 14.7. The van der Waals surface area contributed by atoms with Crippen molar-refractivity contribution < 1.29 is 13.2 Å². The summed E-state index contributed by atoms with van der Waals surface area (Å²) >= 11 is 0. The monoisotopic (exact) mass is 374 g/mol. The van der Waals surface area contributed by atoms with Gasteiger partial charge in [0.1, 0.15) is 0 Å². The van der Waals surface area contributed by atoms with Crippen LogP contribution < -0.4 is 10.2 Å². The number of rotatable bonds is 8. The highest BCUT2D eigenvalue weighted by Crippen LogP contribution is 2.23. The first-order valence-electron chi connectivity index (χ1n) is 8.80. The second-order valence-corrected chi connectivity index (χ2v) is 8.21. The number of hydrogen-bond acceptors (Lipinski definition) is 4. The Kier molecular flexibility index (Phi) is 6.80. The number of sulfone groups is 1. The first-order chi connectivity index (χ1) is 12.4. The van der Waals surface area contributed by atoms with E-state index in [1.54, 1.807) is 30.3 Å². The third kappa shape index (κ3) is 5.08. The summed E-state index contributed by atoms with van der Waals surface area (Å²) in [5, 5.41) is 2.81. The molecule has 0 saturated heterocycles. The summed E-state index contributed by atoms with van der Waals surface area (Å²) in [5.74, 6) is -0.512. The number of hydrogen-bond donors (Lipinski definition) is 1. The second-order valence-electron chi connectivity index (χ2n) is 6.10. The van der Waals surface area contributed by atoms with E-state index in [0.29, 0.717) is 5.69 Å². The standard InChI is InChI=1S/C20H26N2O3S/c1-4-22(5-2)17-11-12-19(16(3)15-17)21-20(23)13-14-26(24,25)18-9-7-6-8-10-18/h6-12,15H,4-5,13-14H2,1-3H3,(H,21,23). The fourth-order valence-corrected chi connectivity index (χ4v) is 4.02. The Morgan fingerprint density at radius 2 is 1.69 bits per heavy atom. The van der Waals surface area contributed by atoms with Gasteiger partial charge in [0, 0.05) is 30.9 Å². The minimum atomic E-state index is -3.45. The molecule has 0 aliphatic heterocycles. The van der Waals surface area contributed by atoms with Gasteiger partial charge in [-0.25, -0.2) is 8.42 Å². The summed E-state index contributed by atoms with van der Waals surface area (Å²) in [6, 6.07) is 14.1. The van der Waals surface area contributed by atoms with Gasteiger partial charge in [0.15, 0.2) is 9.84 Å². The van der Waals surface area contributed by atoms with Gasteiger partial charge in [-0.2, -0.15) is 0 Å². The Labute approximate surface area is 156 Å². The van der Waals surface area contributed by atoms with Gasteiger partial charge in [-0.3, -0.25) is 4.79 Å². The van der Waals surface area contributed by atoms with Crippen LogP contribution in [0.25, 0.3) is 0 Å². The average molecular weight is 375 g/mol. The van der Waals surface area contributed by atoms with E-state index in [1.165, 1.54) is 0 Å². The van der Waals surface area contributed by atoms with Crippen molar-refractivity contribution in [3.8, 4) is 0 Å². The highest BCUT2D eigenvalue weighted by Gasteiger charge is 2.16. The molecule has 0 aliphatic rings. The van der Waals surface area contributed by atoms with E-state index in [9.17, 15) is 13.2 Å². The molecular formula is C20H26N2O3S. The SMILES string of the molecule is CCN(CC)c1ccc(NC(=O)CCS(=O)(=O)c2ccccc2)c(C)c1. The summed E-state index contributed by atoms with van der Waals surface area (Å²) in [5.41, 5.74) is 2.77. The van der Waals surface area contributed by atoms with Crippen LogP contribution in [0.3, 0.4) is 0 Å². The lowest BCUT2D eigenvalue weighted by Crippen LogP contribution is -2.22. The predicted molar refractivity (Wildman–Crippen MR) is 106 cm³/mol. The highest BCUT2D eigenvalue weighted by atomic mass is 32.2. The van der Waals surface area contributed by atoms with E-state index in [-0.39, 0.29) is 23.0 Å². The summed E-state index contributed by atoms with van der Waals surface area (Å²) in [6.07, 6.45) is -0.0749. The van der Waals surface area contributed by atoms with Crippen molar-refractivity contribution in [2.24, 2.45) is 0 Å². The van der Waals surface area contributed by atoms with Crippen molar-refractivity contribution in [2.45, 2.75) is 32.1 Å². The van der Waals surface area contributed by atoms with Crippen molar-refractivity contribution in [2.75, 3.05) is 29.1 Å². The van der Waals surface area contributed by atoms with E-state index < -0.39 is 9.84 Å². The lowest BCUT2D eigenvalue weighted by molar-refractivity contribution is -0.115. The first-order valence-corrected chi connectivity index (χ1v) is 10.5. The number of carbonyl (C=O) groups is 1. The third-order valence-corrected chi connectivity index (χ3v) is 6.04. The molecule has 0 bridgehead atoms. The maximum atomic E-state index is 12.3. The van der Waals surface area contributed by atoms with Crippen molar-refractivity contribution in [3.05, 3.63) is 54.1 Å². The molecule has 0 radical (unpaired) electrons. The maximum Gasteiger partial charge on any atom is 0.225 e. The van der Waals surface area contributed by atoms with Crippen LogP contribution >= 0.6 is 0 Å². The Bertz CT molecular complexity index is 845. The number of amides is 1. The molecule has 0 spiro atoms. The largest absolute Gasteiger partial charge is 0.372 e. The van der Waals surface area contributed by atoms with Gasteiger partial charge < -0.3 is 10.2 Å². The van der Waals surface area contributed by atoms with Crippen LogP contribution in [-0.4, -0.2) is 33.2 Å². The van der Waals surface area contributed by atoms with Crippen LogP contribution in [0.15, 0.2) is 53.4 Å². The van der Waals surface area contributed by atoms with Crippen LogP contribution in [0.1, 0.15) is 25.8 Å². The Hall–Kier alpha value is -2.34. The number of benzene rings is 2. The molecule has 26 heavy (non-hydrogen) atoms. The molecule has 0 aliphatic carbocycles. The van der Waals surface area contributed by atoms with E-state index in [0.717, 1.165) is 24.3 Å². The lowest BCUT2D eigenvalue weighted by atomic mass is 10.1. The number of anilines is 2. The molecule has 0 unspecified atom stereocenters. The molecule has 0 atom stereocenters. The van der Waals surface area contributed by atoms with Crippen LogP contribution in [0, 0.1) is 6.92 Å². The molecule has 2 aromatic carbocycles. The molecule has 0 saturated carbocycles. The molecule has 6 heteroatoms. The molecule has 140 valence electrons. The van der Waals surface area contributed by atoms with Gasteiger partial charge in [0.05, 0.1) is 10.6 Å². The summed E-state index contributed by atoms with van der Waals surface area (Å²) < 4.78 is 24.5. The van der Waals surface area contributed by atoms with Gasteiger partial charge in [-0.05, 0) is 56.7 Å². The Balaban J connectivity index is 2.00. The summed E-state index contributed by atoms with van der Waals surface area (Å²) in [7, 11) is -3.45. The van der Waals surface area contributed by atoms with Gasteiger partial charge >= 0.3 is 0 Å². The molecule has 0 aromatic heterocycles. The van der Waals surface area contributed by atoms with E-state index in [4.69, 9.17) is 0 Å². The molecule has 0 heterocycles. The van der Waals surface area contributed by atoms with E-state index in [2.05, 4.69) is 24.1 Å². The first kappa shape index (κ1) is 20.0. The molecule has 2 rings (SSSR count). The second kappa shape index (κ2) is 8.85. The van der Waals surface area contributed by atoms with Crippen molar-refractivity contribution >= 4 is 27.1 Å². The van der Waals surface area contributed by atoms with Crippen LogP contribution in [-0.2, 0) is 14.6 Å². The third-order valence-electron chi connectivity index (χ3n) is 4.31. The van der Waals surface area contributed by atoms with E-state index >= 15 is 0 Å². The van der Waals surface area contributed by atoms with Crippen molar-refractivity contribution in [3.63, 3.8) is 0 Å². The smallest absolute Gasteiger partial charge is 0.225 e. The van der Waals surface area contributed by atoms with Gasteiger partial charge in [-0.1, -0.05) is 18.2 Å². The van der Waals surface area contributed by atoms with Gasteiger partial charge in [0.25, 0.3) is 0 Å². The summed E-state index contributed by atoms with van der Waals surface area (Å²) in [6.45, 7) is 7.96. The normalized spacial score (nSPS) is 11.2. The lowest BCUT2D eigenvalue weighted by Gasteiger charge is -2.22.